The molecule has 2 fully saturated rings. The molecule has 1 aromatic carbocycles. The van der Waals surface area contributed by atoms with Gasteiger partial charge in [0, 0.05) is 24.8 Å². The van der Waals surface area contributed by atoms with Crippen molar-refractivity contribution in [2.24, 2.45) is 5.92 Å². The Kier molecular flexibility index (Phi) is 7.09. The molecule has 8 heteroatoms. The number of amides is 1. The second-order valence-electron chi connectivity index (χ2n) is 7.79. The maximum Gasteiger partial charge on any atom is 0.243 e. The lowest BCUT2D eigenvalue weighted by Crippen LogP contribution is -2.47. The summed E-state index contributed by atoms with van der Waals surface area (Å²) in [5.74, 6) is 0.468. The van der Waals surface area contributed by atoms with Crippen LogP contribution < -0.4 is 10.6 Å². The lowest BCUT2D eigenvalue weighted by atomic mass is 9.85. The van der Waals surface area contributed by atoms with Crippen molar-refractivity contribution in [3.05, 3.63) is 24.3 Å². The van der Waals surface area contributed by atoms with Crippen LogP contribution >= 0.6 is 0 Å². The molecule has 2 N–H and O–H groups in total. The lowest BCUT2D eigenvalue weighted by molar-refractivity contribution is -0.118. The number of benzene rings is 1. The van der Waals surface area contributed by atoms with Gasteiger partial charge in [-0.15, -0.1) is 0 Å². The Morgan fingerprint density at radius 2 is 1.79 bits per heavy atom. The average molecular weight is 410 g/mol. The third-order valence-corrected chi connectivity index (χ3v) is 7.61. The van der Waals surface area contributed by atoms with E-state index in [1.807, 2.05) is 6.92 Å². The molecule has 28 heavy (non-hydrogen) atoms. The molecule has 156 valence electrons. The van der Waals surface area contributed by atoms with Crippen LogP contribution in [-0.4, -0.2) is 57.0 Å². The SMILES string of the molecule is C[C@H](N[C@H]1CCCC[C@H]1C)C(=O)Nc1ccc(S(=O)(=O)N2CCOCC2)cc1. The summed E-state index contributed by atoms with van der Waals surface area (Å²) in [6.07, 6.45) is 4.77. The molecule has 0 unspecified atom stereocenters. The smallest absolute Gasteiger partial charge is 0.243 e. The van der Waals surface area contributed by atoms with Gasteiger partial charge >= 0.3 is 0 Å². The maximum atomic E-state index is 12.7. The number of hydrogen-bond acceptors (Lipinski definition) is 5. The Morgan fingerprint density at radius 1 is 1.14 bits per heavy atom. The minimum atomic E-state index is -3.52. The van der Waals surface area contributed by atoms with Crippen LogP contribution in [0.1, 0.15) is 39.5 Å². The van der Waals surface area contributed by atoms with E-state index in [9.17, 15) is 13.2 Å². The van der Waals surface area contributed by atoms with E-state index >= 15 is 0 Å². The zero-order chi connectivity index (χ0) is 20.1. The summed E-state index contributed by atoms with van der Waals surface area (Å²) in [7, 11) is -3.52. The first-order valence-corrected chi connectivity index (χ1v) is 11.6. The van der Waals surface area contributed by atoms with Crippen molar-refractivity contribution in [1.29, 1.82) is 0 Å². The molecule has 0 radical (unpaired) electrons. The van der Waals surface area contributed by atoms with Crippen LogP contribution in [0.3, 0.4) is 0 Å². The molecular formula is C20H31N3O4S. The fraction of sp³-hybridized carbons (Fsp3) is 0.650. The minimum Gasteiger partial charge on any atom is -0.379 e. The van der Waals surface area contributed by atoms with Gasteiger partial charge in [0.15, 0.2) is 0 Å². The molecule has 0 aromatic heterocycles. The topological polar surface area (TPSA) is 87.7 Å². The van der Waals surface area contributed by atoms with Crippen molar-refractivity contribution in [3.8, 4) is 0 Å². The molecule has 1 aliphatic heterocycles. The second kappa shape index (κ2) is 9.35. The highest BCUT2D eigenvalue weighted by molar-refractivity contribution is 7.89. The molecule has 1 saturated carbocycles. The Morgan fingerprint density at radius 3 is 2.43 bits per heavy atom. The molecule has 2 aliphatic rings. The monoisotopic (exact) mass is 409 g/mol. The Balaban J connectivity index is 1.58. The van der Waals surface area contributed by atoms with Gasteiger partial charge in [-0.3, -0.25) is 4.79 Å². The maximum absolute atomic E-state index is 12.7. The quantitative estimate of drug-likeness (QED) is 0.752. The molecule has 3 rings (SSSR count). The Hall–Kier alpha value is -1.48. The van der Waals surface area contributed by atoms with Crippen LogP contribution in [0.2, 0.25) is 0 Å². The van der Waals surface area contributed by atoms with Gasteiger partial charge in [-0.2, -0.15) is 4.31 Å². The molecule has 1 saturated heterocycles. The van der Waals surface area contributed by atoms with Crippen molar-refractivity contribution in [2.75, 3.05) is 31.6 Å². The first-order chi connectivity index (χ1) is 13.4. The standard InChI is InChI=1S/C20H31N3O4S/c1-15-5-3-4-6-19(15)21-16(2)20(24)22-17-7-9-18(10-8-17)28(25,26)23-11-13-27-14-12-23/h7-10,15-16,19,21H,3-6,11-14H2,1-2H3,(H,22,24)/t15-,16+,19+/m1/s1. The van der Waals surface area contributed by atoms with Gasteiger partial charge < -0.3 is 15.4 Å². The van der Waals surface area contributed by atoms with E-state index in [4.69, 9.17) is 4.74 Å². The highest BCUT2D eigenvalue weighted by atomic mass is 32.2. The Bertz CT molecular complexity index is 760. The van der Waals surface area contributed by atoms with Gasteiger partial charge in [-0.25, -0.2) is 8.42 Å². The van der Waals surface area contributed by atoms with Gasteiger partial charge in [0.2, 0.25) is 15.9 Å². The van der Waals surface area contributed by atoms with Crippen molar-refractivity contribution in [3.63, 3.8) is 0 Å². The predicted octanol–water partition coefficient (Wildman–Crippen LogP) is 2.20. The first kappa shape index (κ1) is 21.2. The third-order valence-electron chi connectivity index (χ3n) is 5.70. The van der Waals surface area contributed by atoms with Crippen molar-refractivity contribution >= 4 is 21.6 Å². The number of nitrogens with zero attached hydrogens (tertiary/aromatic N) is 1. The highest BCUT2D eigenvalue weighted by Crippen LogP contribution is 2.24. The first-order valence-electron chi connectivity index (χ1n) is 10.1. The number of anilines is 1. The fourth-order valence-corrected chi connectivity index (χ4v) is 5.27. The molecule has 1 amide bonds. The van der Waals surface area contributed by atoms with Crippen LogP contribution in [0, 0.1) is 5.92 Å². The summed E-state index contributed by atoms with van der Waals surface area (Å²) in [4.78, 5) is 12.7. The number of nitrogens with one attached hydrogen (secondary N) is 2. The van der Waals surface area contributed by atoms with E-state index in [-0.39, 0.29) is 16.8 Å². The molecular weight excluding hydrogens is 378 g/mol. The normalized spacial score (nSPS) is 25.2. The summed E-state index contributed by atoms with van der Waals surface area (Å²) in [6, 6.07) is 6.43. The molecule has 0 bridgehead atoms. The van der Waals surface area contributed by atoms with E-state index in [1.54, 1.807) is 24.3 Å². The summed E-state index contributed by atoms with van der Waals surface area (Å²) in [6.45, 7) is 5.66. The van der Waals surface area contributed by atoms with Gasteiger partial charge in [-0.05, 0) is 49.9 Å². The minimum absolute atomic E-state index is 0.110. The van der Waals surface area contributed by atoms with E-state index in [0.717, 1.165) is 6.42 Å². The van der Waals surface area contributed by atoms with Crippen molar-refractivity contribution in [2.45, 2.75) is 56.5 Å². The van der Waals surface area contributed by atoms with E-state index in [0.29, 0.717) is 44.0 Å². The van der Waals surface area contributed by atoms with Crippen LogP contribution in [-0.2, 0) is 19.6 Å². The summed E-state index contributed by atoms with van der Waals surface area (Å²) in [5, 5.41) is 6.32. The number of morpholine rings is 1. The summed E-state index contributed by atoms with van der Waals surface area (Å²) < 4.78 is 32.0. The number of sulfonamides is 1. The number of carbonyl (C=O) groups is 1. The van der Waals surface area contributed by atoms with Crippen LogP contribution in [0.15, 0.2) is 29.2 Å². The number of hydrogen-bond donors (Lipinski definition) is 2. The average Bonchev–Trinajstić information content (AvgIpc) is 2.70. The second-order valence-corrected chi connectivity index (χ2v) is 9.72. The van der Waals surface area contributed by atoms with Crippen LogP contribution in [0.5, 0.6) is 0 Å². The molecule has 1 heterocycles. The Labute approximate surface area is 167 Å². The van der Waals surface area contributed by atoms with Gasteiger partial charge in [0.1, 0.15) is 0 Å². The lowest BCUT2D eigenvalue weighted by Gasteiger charge is -2.31. The fourth-order valence-electron chi connectivity index (χ4n) is 3.86. The van der Waals surface area contributed by atoms with Crippen LogP contribution in [0.25, 0.3) is 0 Å². The number of ether oxygens (including phenoxy) is 1. The third kappa shape index (κ3) is 5.11. The summed E-state index contributed by atoms with van der Waals surface area (Å²) >= 11 is 0. The summed E-state index contributed by atoms with van der Waals surface area (Å²) in [5.41, 5.74) is 0.594. The largest absolute Gasteiger partial charge is 0.379 e. The molecule has 0 spiro atoms. The zero-order valence-electron chi connectivity index (χ0n) is 16.7. The highest BCUT2D eigenvalue weighted by Gasteiger charge is 2.27. The molecule has 3 atom stereocenters. The van der Waals surface area contributed by atoms with Crippen molar-refractivity contribution < 1.29 is 17.9 Å². The number of carbonyl (C=O) groups excluding carboxylic acids is 1. The molecule has 7 nitrogen and oxygen atoms in total. The molecule has 1 aliphatic carbocycles. The predicted molar refractivity (Wildman–Crippen MR) is 109 cm³/mol. The van der Waals surface area contributed by atoms with E-state index in [2.05, 4.69) is 17.6 Å². The van der Waals surface area contributed by atoms with Gasteiger partial charge in [0.05, 0.1) is 24.2 Å². The molecule has 1 aromatic rings. The number of rotatable bonds is 6. The zero-order valence-corrected chi connectivity index (χ0v) is 17.5. The van der Waals surface area contributed by atoms with Crippen LogP contribution in [0.4, 0.5) is 5.69 Å². The van der Waals surface area contributed by atoms with E-state index < -0.39 is 10.0 Å². The van der Waals surface area contributed by atoms with Gasteiger partial charge in [0.25, 0.3) is 0 Å². The van der Waals surface area contributed by atoms with E-state index in [1.165, 1.54) is 23.6 Å². The van der Waals surface area contributed by atoms with Crippen molar-refractivity contribution in [1.82, 2.24) is 9.62 Å². The van der Waals surface area contributed by atoms with Gasteiger partial charge in [-0.1, -0.05) is 19.8 Å².